The number of hydrogen-bond acceptors (Lipinski definition) is 5. The van der Waals surface area contributed by atoms with Gasteiger partial charge in [0.25, 0.3) is 0 Å². The van der Waals surface area contributed by atoms with Crippen LogP contribution in [0.15, 0.2) is 34.7 Å². The first-order chi connectivity index (χ1) is 9.28. The molecule has 1 aromatic carbocycles. The summed E-state index contributed by atoms with van der Waals surface area (Å²) in [6.07, 6.45) is 1.77. The average molecular weight is 278 g/mol. The number of thioether (sulfide) groups is 1. The van der Waals surface area contributed by atoms with E-state index in [1.54, 1.807) is 16.7 Å². The van der Waals surface area contributed by atoms with Crippen molar-refractivity contribution in [1.29, 1.82) is 0 Å². The largest absolute Gasteiger partial charge is 0.444 e. The second-order valence-corrected chi connectivity index (χ2v) is 5.32. The van der Waals surface area contributed by atoms with Crippen molar-refractivity contribution < 1.29 is 14.6 Å². The number of amides is 1. The van der Waals surface area contributed by atoms with E-state index in [9.17, 15) is 4.79 Å². The summed E-state index contributed by atoms with van der Waals surface area (Å²) in [5.41, 5.74) is 1.80. The van der Waals surface area contributed by atoms with Gasteiger partial charge in [-0.25, -0.2) is 4.79 Å². The lowest BCUT2D eigenvalue weighted by molar-refractivity contribution is 0.122. The lowest BCUT2D eigenvalue weighted by Gasteiger charge is -2.17. The van der Waals surface area contributed by atoms with Gasteiger partial charge in [-0.3, -0.25) is 4.90 Å². The first-order valence-electron chi connectivity index (χ1n) is 6.09. The minimum absolute atomic E-state index is 0.0268. The molecule has 6 heteroatoms. The zero-order valence-electron chi connectivity index (χ0n) is 10.2. The van der Waals surface area contributed by atoms with E-state index in [0.717, 1.165) is 16.3 Å². The number of hydrogen-bond donors (Lipinski definition) is 2. The molecule has 0 aromatic heterocycles. The fraction of sp³-hybridized carbons (Fsp3) is 0.308. The van der Waals surface area contributed by atoms with Crippen molar-refractivity contribution in [3.63, 3.8) is 0 Å². The lowest BCUT2D eigenvalue weighted by Crippen LogP contribution is -2.24. The molecule has 1 amide bonds. The molecule has 0 saturated carbocycles. The molecule has 19 heavy (non-hydrogen) atoms. The van der Waals surface area contributed by atoms with E-state index in [2.05, 4.69) is 5.32 Å². The third kappa shape index (κ3) is 2.41. The number of ether oxygens (including phenoxy) is 1. The van der Waals surface area contributed by atoms with Crippen LogP contribution in [-0.4, -0.2) is 30.5 Å². The highest BCUT2D eigenvalue weighted by Crippen LogP contribution is 2.35. The Kier molecular flexibility index (Phi) is 3.35. The van der Waals surface area contributed by atoms with E-state index < -0.39 is 0 Å². The fourth-order valence-electron chi connectivity index (χ4n) is 2.16. The Hall–Kier alpha value is -1.66. The number of carbonyl (C=O) groups is 1. The molecule has 2 N–H and O–H groups in total. The van der Waals surface area contributed by atoms with Crippen molar-refractivity contribution in [1.82, 2.24) is 0 Å². The normalized spacial score (nSPS) is 21.0. The molecule has 2 aliphatic rings. The van der Waals surface area contributed by atoms with Gasteiger partial charge in [-0.05, 0) is 23.6 Å². The molecule has 0 aliphatic carbocycles. The third-order valence-electron chi connectivity index (χ3n) is 3.10. The Balaban J connectivity index is 1.81. The van der Waals surface area contributed by atoms with Crippen LogP contribution >= 0.6 is 11.8 Å². The number of benzene rings is 1. The molecule has 1 atom stereocenters. The summed E-state index contributed by atoms with van der Waals surface area (Å²) in [4.78, 5) is 14.5. The number of fused-ring (bicyclic) bond motifs is 1. The summed E-state index contributed by atoms with van der Waals surface area (Å²) in [6, 6.07) is 5.84. The van der Waals surface area contributed by atoms with Gasteiger partial charge < -0.3 is 15.2 Å². The standard InChI is InChI=1S/C13H14N2O3S/c16-5-3-10-8-15(13(17)18-10)9-1-2-12-11(7-9)14-4-6-19-12/h1-2,4,6-7,10,14,16H,3,5,8H2/t10-/m0/s1. The van der Waals surface area contributed by atoms with E-state index in [4.69, 9.17) is 9.84 Å². The topological polar surface area (TPSA) is 61.8 Å². The van der Waals surface area contributed by atoms with Gasteiger partial charge in [0.2, 0.25) is 0 Å². The summed E-state index contributed by atoms with van der Waals surface area (Å²) in [5.74, 6) is 0. The van der Waals surface area contributed by atoms with E-state index in [1.165, 1.54) is 0 Å². The molecule has 3 rings (SSSR count). The summed E-state index contributed by atoms with van der Waals surface area (Å²) in [6.45, 7) is 0.514. The van der Waals surface area contributed by atoms with Gasteiger partial charge in [-0.1, -0.05) is 11.8 Å². The Morgan fingerprint density at radius 3 is 3.26 bits per heavy atom. The molecule has 0 bridgehead atoms. The van der Waals surface area contributed by atoms with Crippen LogP contribution in [0, 0.1) is 0 Å². The number of nitrogens with one attached hydrogen (secondary N) is 1. The van der Waals surface area contributed by atoms with Gasteiger partial charge in [0, 0.05) is 29.8 Å². The van der Waals surface area contributed by atoms with E-state index in [0.29, 0.717) is 13.0 Å². The van der Waals surface area contributed by atoms with E-state index >= 15 is 0 Å². The number of carbonyl (C=O) groups excluding carboxylic acids is 1. The van der Waals surface area contributed by atoms with Crippen molar-refractivity contribution in [3.8, 4) is 0 Å². The van der Waals surface area contributed by atoms with Gasteiger partial charge in [0.05, 0.1) is 12.2 Å². The molecule has 1 aromatic rings. The molecule has 0 spiro atoms. The molecule has 100 valence electrons. The van der Waals surface area contributed by atoms with Crippen LogP contribution in [0.4, 0.5) is 16.2 Å². The van der Waals surface area contributed by atoms with Crippen LogP contribution in [0.5, 0.6) is 0 Å². The number of rotatable bonds is 3. The Morgan fingerprint density at radius 2 is 2.42 bits per heavy atom. The smallest absolute Gasteiger partial charge is 0.414 e. The summed E-state index contributed by atoms with van der Waals surface area (Å²) < 4.78 is 5.20. The van der Waals surface area contributed by atoms with Crippen LogP contribution < -0.4 is 10.2 Å². The molecular weight excluding hydrogens is 264 g/mol. The second kappa shape index (κ2) is 5.14. The highest BCUT2D eigenvalue weighted by Gasteiger charge is 2.32. The predicted octanol–water partition coefficient (Wildman–Crippen LogP) is 2.38. The maximum atomic E-state index is 11.8. The summed E-state index contributed by atoms with van der Waals surface area (Å²) in [7, 11) is 0. The number of aliphatic hydroxyl groups excluding tert-OH is 1. The van der Waals surface area contributed by atoms with Crippen molar-refractivity contribution in [2.24, 2.45) is 0 Å². The molecule has 0 unspecified atom stereocenters. The van der Waals surface area contributed by atoms with Gasteiger partial charge >= 0.3 is 6.09 Å². The SMILES string of the molecule is O=C1O[C@@H](CCO)CN1c1ccc2c(c1)NC=CS2. The molecule has 1 fully saturated rings. The number of anilines is 2. The van der Waals surface area contributed by atoms with Gasteiger partial charge in [-0.2, -0.15) is 0 Å². The minimum Gasteiger partial charge on any atom is -0.444 e. The van der Waals surface area contributed by atoms with E-state index in [-0.39, 0.29) is 18.8 Å². The van der Waals surface area contributed by atoms with E-state index in [1.807, 2.05) is 29.8 Å². The maximum Gasteiger partial charge on any atom is 0.414 e. The summed E-state index contributed by atoms with van der Waals surface area (Å²) in [5, 5.41) is 14.0. The highest BCUT2D eigenvalue weighted by molar-refractivity contribution is 8.02. The Morgan fingerprint density at radius 1 is 1.53 bits per heavy atom. The Bertz CT molecular complexity index is 533. The number of cyclic esters (lactones) is 1. The number of nitrogens with zero attached hydrogens (tertiary/aromatic N) is 1. The third-order valence-corrected chi connectivity index (χ3v) is 3.98. The zero-order valence-corrected chi connectivity index (χ0v) is 11.0. The van der Waals surface area contributed by atoms with Gasteiger partial charge in [-0.15, -0.1) is 0 Å². The van der Waals surface area contributed by atoms with Crippen LogP contribution in [0.2, 0.25) is 0 Å². The maximum absolute atomic E-state index is 11.8. The first-order valence-corrected chi connectivity index (χ1v) is 6.97. The van der Waals surface area contributed by atoms with Gasteiger partial charge in [0.15, 0.2) is 0 Å². The number of aliphatic hydroxyl groups is 1. The molecule has 1 saturated heterocycles. The van der Waals surface area contributed by atoms with Crippen LogP contribution in [0.25, 0.3) is 0 Å². The van der Waals surface area contributed by atoms with Crippen molar-refractivity contribution in [2.45, 2.75) is 17.4 Å². The summed E-state index contributed by atoms with van der Waals surface area (Å²) >= 11 is 1.64. The Labute approximate surface area is 115 Å². The second-order valence-electron chi connectivity index (χ2n) is 4.37. The van der Waals surface area contributed by atoms with Crippen LogP contribution in [0.1, 0.15) is 6.42 Å². The quantitative estimate of drug-likeness (QED) is 0.889. The molecular formula is C13H14N2O3S. The van der Waals surface area contributed by atoms with Crippen molar-refractivity contribution >= 4 is 29.2 Å². The molecule has 2 heterocycles. The minimum atomic E-state index is -0.350. The fourth-order valence-corrected chi connectivity index (χ4v) is 2.83. The molecule has 5 nitrogen and oxygen atoms in total. The van der Waals surface area contributed by atoms with Gasteiger partial charge in [0.1, 0.15) is 6.10 Å². The molecule has 2 aliphatic heterocycles. The van der Waals surface area contributed by atoms with Crippen molar-refractivity contribution in [2.75, 3.05) is 23.4 Å². The zero-order chi connectivity index (χ0) is 13.2. The molecule has 0 radical (unpaired) electrons. The van der Waals surface area contributed by atoms with Crippen LogP contribution in [-0.2, 0) is 4.74 Å². The monoisotopic (exact) mass is 278 g/mol. The highest BCUT2D eigenvalue weighted by atomic mass is 32.2. The predicted molar refractivity (Wildman–Crippen MR) is 74.4 cm³/mol. The first kappa shape index (κ1) is 12.4. The lowest BCUT2D eigenvalue weighted by atomic mass is 10.2. The average Bonchev–Trinajstić information content (AvgIpc) is 2.79. The van der Waals surface area contributed by atoms with Crippen molar-refractivity contribution in [3.05, 3.63) is 29.8 Å². The van der Waals surface area contributed by atoms with Crippen LogP contribution in [0.3, 0.4) is 0 Å².